The highest BCUT2D eigenvalue weighted by Gasteiger charge is 2.21. The molecule has 1 aromatic rings. The van der Waals surface area contributed by atoms with Crippen LogP contribution in [-0.4, -0.2) is 47.2 Å². The lowest BCUT2D eigenvalue weighted by Crippen LogP contribution is -2.27. The van der Waals surface area contributed by atoms with Gasteiger partial charge in [0.1, 0.15) is 0 Å². The van der Waals surface area contributed by atoms with Crippen molar-refractivity contribution in [2.75, 3.05) is 32.7 Å². The minimum Gasteiger partial charge on any atom is -0.337 e. The van der Waals surface area contributed by atoms with Crippen molar-refractivity contribution in [3.8, 4) is 0 Å². The summed E-state index contributed by atoms with van der Waals surface area (Å²) in [5, 5.41) is 3.55. The average molecular weight is 264 g/mol. The summed E-state index contributed by atoms with van der Waals surface area (Å²) in [6, 6.07) is 0. The van der Waals surface area contributed by atoms with Crippen LogP contribution in [0.2, 0.25) is 0 Å². The Morgan fingerprint density at radius 3 is 3.00 bits per heavy atom. The molecule has 1 aliphatic heterocycles. The van der Waals surface area contributed by atoms with Crippen molar-refractivity contribution in [1.29, 1.82) is 0 Å². The van der Waals surface area contributed by atoms with Gasteiger partial charge >= 0.3 is 0 Å². The zero-order chi connectivity index (χ0) is 13.3. The molecule has 1 unspecified atom stereocenters. The van der Waals surface area contributed by atoms with E-state index < -0.39 is 0 Å². The quantitative estimate of drug-likeness (QED) is 0.692. The Bertz CT molecular complexity index is 323. The van der Waals surface area contributed by atoms with Crippen LogP contribution in [0.25, 0.3) is 0 Å². The van der Waals surface area contributed by atoms with Crippen LogP contribution >= 0.6 is 0 Å². The van der Waals surface area contributed by atoms with Gasteiger partial charge in [0, 0.05) is 25.5 Å². The van der Waals surface area contributed by atoms with Crippen LogP contribution in [0, 0.1) is 5.92 Å². The van der Waals surface area contributed by atoms with Gasteiger partial charge in [-0.3, -0.25) is 0 Å². The molecule has 4 nitrogen and oxygen atoms in total. The third-order valence-electron chi connectivity index (χ3n) is 3.93. The molecular formula is C15H28N4. The van der Waals surface area contributed by atoms with Crippen molar-refractivity contribution in [2.45, 2.75) is 39.2 Å². The Hall–Kier alpha value is -0.870. The average Bonchev–Trinajstić information content (AvgIpc) is 3.06. The molecule has 0 aliphatic carbocycles. The number of aromatic nitrogens is 2. The molecule has 4 heteroatoms. The molecule has 1 fully saturated rings. The highest BCUT2D eigenvalue weighted by atomic mass is 15.1. The van der Waals surface area contributed by atoms with E-state index in [4.69, 9.17) is 0 Å². The number of hydrogen-bond donors (Lipinski definition) is 1. The molecule has 0 amide bonds. The maximum atomic E-state index is 4.07. The van der Waals surface area contributed by atoms with Gasteiger partial charge in [-0.25, -0.2) is 4.98 Å². The number of aryl methyl sites for hydroxylation is 1. The first kappa shape index (κ1) is 14.5. The van der Waals surface area contributed by atoms with Crippen molar-refractivity contribution in [3.63, 3.8) is 0 Å². The Balaban J connectivity index is 1.50. The second-order valence-electron chi connectivity index (χ2n) is 5.67. The van der Waals surface area contributed by atoms with E-state index in [1.807, 2.05) is 18.7 Å². The Morgan fingerprint density at radius 1 is 1.32 bits per heavy atom. The highest BCUT2D eigenvalue weighted by Crippen LogP contribution is 2.15. The van der Waals surface area contributed by atoms with Gasteiger partial charge < -0.3 is 14.8 Å². The zero-order valence-electron chi connectivity index (χ0n) is 12.2. The number of nitrogens with one attached hydrogen (secondary N) is 1. The van der Waals surface area contributed by atoms with Crippen LogP contribution in [0.1, 0.15) is 32.6 Å². The van der Waals surface area contributed by atoms with Gasteiger partial charge in [-0.2, -0.15) is 0 Å². The minimum atomic E-state index is 0.875. The first-order valence-electron chi connectivity index (χ1n) is 7.77. The Kier molecular flexibility index (Phi) is 6.37. The maximum Gasteiger partial charge on any atom is 0.0945 e. The van der Waals surface area contributed by atoms with Crippen molar-refractivity contribution in [1.82, 2.24) is 19.8 Å². The van der Waals surface area contributed by atoms with Gasteiger partial charge in [0.15, 0.2) is 0 Å². The van der Waals surface area contributed by atoms with Crippen LogP contribution < -0.4 is 5.32 Å². The fourth-order valence-electron chi connectivity index (χ4n) is 2.81. The molecule has 1 aromatic heterocycles. The van der Waals surface area contributed by atoms with E-state index in [0.29, 0.717) is 0 Å². The molecule has 0 aromatic carbocycles. The van der Waals surface area contributed by atoms with E-state index in [9.17, 15) is 0 Å². The van der Waals surface area contributed by atoms with Gasteiger partial charge in [0.05, 0.1) is 6.33 Å². The molecule has 0 radical (unpaired) electrons. The summed E-state index contributed by atoms with van der Waals surface area (Å²) in [6.07, 6.45) is 11.0. The van der Waals surface area contributed by atoms with Crippen LogP contribution in [0.15, 0.2) is 18.7 Å². The summed E-state index contributed by atoms with van der Waals surface area (Å²) in [5.74, 6) is 0.875. The fraction of sp³-hybridized carbons (Fsp3) is 0.800. The summed E-state index contributed by atoms with van der Waals surface area (Å²) in [4.78, 5) is 6.70. The summed E-state index contributed by atoms with van der Waals surface area (Å²) >= 11 is 0. The molecule has 0 bridgehead atoms. The molecular weight excluding hydrogens is 236 g/mol. The van der Waals surface area contributed by atoms with E-state index in [-0.39, 0.29) is 0 Å². The third-order valence-corrected chi connectivity index (χ3v) is 3.93. The van der Waals surface area contributed by atoms with Crippen LogP contribution in [0.5, 0.6) is 0 Å². The molecule has 0 saturated carbocycles. The molecule has 1 atom stereocenters. The second-order valence-corrected chi connectivity index (χ2v) is 5.67. The summed E-state index contributed by atoms with van der Waals surface area (Å²) in [6.45, 7) is 9.56. The topological polar surface area (TPSA) is 33.1 Å². The number of unbranched alkanes of at least 4 members (excludes halogenated alkanes) is 1. The van der Waals surface area contributed by atoms with Gasteiger partial charge in [-0.15, -0.1) is 0 Å². The Labute approximate surface area is 117 Å². The van der Waals surface area contributed by atoms with Crippen molar-refractivity contribution >= 4 is 0 Å². The van der Waals surface area contributed by atoms with E-state index >= 15 is 0 Å². The summed E-state index contributed by atoms with van der Waals surface area (Å²) < 4.78 is 2.17. The van der Waals surface area contributed by atoms with Crippen molar-refractivity contribution in [3.05, 3.63) is 18.7 Å². The first-order valence-corrected chi connectivity index (χ1v) is 7.77. The SMILES string of the molecule is CCCNCC1CCN(CCCCn2ccnc2)C1. The van der Waals surface area contributed by atoms with Crippen LogP contribution in [0.3, 0.4) is 0 Å². The number of nitrogens with zero attached hydrogens (tertiary/aromatic N) is 3. The molecule has 1 N–H and O–H groups in total. The number of rotatable bonds is 9. The number of imidazole rings is 1. The van der Waals surface area contributed by atoms with E-state index in [0.717, 1.165) is 12.5 Å². The van der Waals surface area contributed by atoms with Crippen LogP contribution in [0.4, 0.5) is 0 Å². The molecule has 2 rings (SSSR count). The molecule has 0 spiro atoms. The lowest BCUT2D eigenvalue weighted by atomic mass is 10.1. The predicted molar refractivity (Wildman–Crippen MR) is 79.2 cm³/mol. The van der Waals surface area contributed by atoms with Gasteiger partial charge in [-0.1, -0.05) is 6.92 Å². The van der Waals surface area contributed by atoms with Gasteiger partial charge in [0.25, 0.3) is 0 Å². The first-order chi connectivity index (χ1) is 9.38. The standard InChI is InChI=1S/C15H28N4/c1-2-6-16-12-15-5-10-18(13-15)8-3-4-9-19-11-7-17-14-19/h7,11,14-16H,2-6,8-10,12-13H2,1H3. The molecule has 1 aliphatic rings. The minimum absolute atomic E-state index is 0.875. The normalized spacial score (nSPS) is 20.2. The van der Waals surface area contributed by atoms with E-state index in [1.165, 1.54) is 58.4 Å². The second kappa shape index (κ2) is 8.33. The van der Waals surface area contributed by atoms with Gasteiger partial charge in [-0.05, 0) is 57.8 Å². The van der Waals surface area contributed by atoms with Gasteiger partial charge in [0.2, 0.25) is 0 Å². The lowest BCUT2D eigenvalue weighted by molar-refractivity contribution is 0.311. The fourth-order valence-corrected chi connectivity index (χ4v) is 2.81. The smallest absolute Gasteiger partial charge is 0.0945 e. The molecule has 19 heavy (non-hydrogen) atoms. The van der Waals surface area contributed by atoms with Crippen molar-refractivity contribution in [2.24, 2.45) is 5.92 Å². The highest BCUT2D eigenvalue weighted by molar-refractivity contribution is 4.77. The Morgan fingerprint density at radius 2 is 2.21 bits per heavy atom. The van der Waals surface area contributed by atoms with E-state index in [2.05, 4.69) is 26.7 Å². The van der Waals surface area contributed by atoms with Crippen molar-refractivity contribution < 1.29 is 0 Å². The molecule has 108 valence electrons. The predicted octanol–water partition coefficient (Wildman–Crippen LogP) is 1.98. The maximum absolute atomic E-state index is 4.07. The summed E-state index contributed by atoms with van der Waals surface area (Å²) in [7, 11) is 0. The van der Waals surface area contributed by atoms with E-state index in [1.54, 1.807) is 0 Å². The zero-order valence-corrected chi connectivity index (χ0v) is 12.2. The molecule has 1 saturated heterocycles. The summed E-state index contributed by atoms with van der Waals surface area (Å²) in [5.41, 5.74) is 0. The third kappa shape index (κ3) is 5.33. The largest absolute Gasteiger partial charge is 0.337 e. The monoisotopic (exact) mass is 264 g/mol. The lowest BCUT2D eigenvalue weighted by Gasteiger charge is -2.16. The number of likely N-dealkylation sites (tertiary alicyclic amines) is 1. The number of hydrogen-bond acceptors (Lipinski definition) is 3. The van der Waals surface area contributed by atoms with Crippen LogP contribution in [-0.2, 0) is 6.54 Å². The molecule has 2 heterocycles.